The van der Waals surface area contributed by atoms with Crippen molar-refractivity contribution in [1.29, 1.82) is 0 Å². The first-order valence-electron chi connectivity index (χ1n) is 3.80. The minimum Gasteiger partial charge on any atom is -0.385 e. The Labute approximate surface area is 96.4 Å². The molecule has 0 heterocycles. The van der Waals surface area contributed by atoms with Gasteiger partial charge in [0.15, 0.2) is 5.78 Å². The lowest BCUT2D eigenvalue weighted by molar-refractivity contribution is 0.0780. The van der Waals surface area contributed by atoms with E-state index in [1.165, 1.54) is 19.1 Å². The highest BCUT2D eigenvalue weighted by Crippen LogP contribution is 2.29. The summed E-state index contributed by atoms with van der Waals surface area (Å²) in [6, 6.07) is 2.81. The van der Waals surface area contributed by atoms with E-state index < -0.39 is 11.9 Å². The summed E-state index contributed by atoms with van der Waals surface area (Å²) >= 11 is 17.2. The fourth-order valence-corrected chi connectivity index (χ4v) is 1.99. The number of halogens is 3. The van der Waals surface area contributed by atoms with Crippen molar-refractivity contribution >= 4 is 40.6 Å². The fraction of sp³-hybridized carbons (Fsp3) is 0.222. The maximum Gasteiger partial charge on any atom is 0.193 e. The third kappa shape index (κ3) is 2.39. The van der Waals surface area contributed by atoms with Gasteiger partial charge in [0.05, 0.1) is 15.6 Å². The minimum atomic E-state index is -1.13. The standard InChI is InChI=1S/C9H7Cl3O2/c1-4(13)9(14)8-6(11)2-5(10)3-7(8)12/h2-4,13H,1H3. The van der Waals surface area contributed by atoms with Gasteiger partial charge in [-0.2, -0.15) is 0 Å². The molecule has 1 N–H and O–H groups in total. The van der Waals surface area contributed by atoms with E-state index in [1.807, 2.05) is 0 Å². The van der Waals surface area contributed by atoms with Crippen molar-refractivity contribution in [1.82, 2.24) is 0 Å². The molecule has 1 aromatic carbocycles. The van der Waals surface area contributed by atoms with Crippen LogP contribution in [0.25, 0.3) is 0 Å². The van der Waals surface area contributed by atoms with Gasteiger partial charge in [0.1, 0.15) is 6.10 Å². The largest absolute Gasteiger partial charge is 0.385 e. The lowest BCUT2D eigenvalue weighted by Gasteiger charge is -2.08. The summed E-state index contributed by atoms with van der Waals surface area (Å²) in [5.74, 6) is -0.517. The molecule has 0 spiro atoms. The first-order valence-corrected chi connectivity index (χ1v) is 4.93. The third-order valence-electron chi connectivity index (χ3n) is 1.63. The second-order valence-corrected chi connectivity index (χ2v) is 4.04. The molecule has 5 heteroatoms. The van der Waals surface area contributed by atoms with Crippen LogP contribution >= 0.6 is 34.8 Å². The Balaban J connectivity index is 3.28. The Morgan fingerprint density at radius 3 is 2.07 bits per heavy atom. The highest BCUT2D eigenvalue weighted by Gasteiger charge is 2.19. The van der Waals surface area contributed by atoms with E-state index in [-0.39, 0.29) is 15.6 Å². The maximum absolute atomic E-state index is 11.4. The molecule has 0 aliphatic rings. The topological polar surface area (TPSA) is 37.3 Å². The van der Waals surface area contributed by atoms with E-state index in [0.717, 1.165) is 0 Å². The number of carbonyl (C=O) groups excluding carboxylic acids is 1. The molecule has 0 saturated heterocycles. The molecule has 76 valence electrons. The van der Waals surface area contributed by atoms with Crippen molar-refractivity contribution in [2.75, 3.05) is 0 Å². The van der Waals surface area contributed by atoms with Crippen LogP contribution in [0.15, 0.2) is 12.1 Å². The number of carbonyl (C=O) groups is 1. The Morgan fingerprint density at radius 2 is 1.71 bits per heavy atom. The molecule has 1 unspecified atom stereocenters. The molecule has 1 rings (SSSR count). The molecule has 0 aliphatic carbocycles. The Bertz CT molecular complexity index is 351. The molecular weight excluding hydrogens is 246 g/mol. The monoisotopic (exact) mass is 252 g/mol. The number of hydrogen-bond donors (Lipinski definition) is 1. The summed E-state index contributed by atoms with van der Waals surface area (Å²) in [5.41, 5.74) is 0.104. The van der Waals surface area contributed by atoms with E-state index in [9.17, 15) is 4.79 Å². The zero-order chi connectivity index (χ0) is 10.9. The van der Waals surface area contributed by atoms with Crippen LogP contribution in [0.5, 0.6) is 0 Å². The number of aliphatic hydroxyl groups is 1. The summed E-state index contributed by atoms with van der Waals surface area (Å²) in [6.07, 6.45) is -1.13. The number of hydrogen-bond acceptors (Lipinski definition) is 2. The molecular formula is C9H7Cl3O2. The van der Waals surface area contributed by atoms with Crippen molar-refractivity contribution in [2.45, 2.75) is 13.0 Å². The molecule has 0 radical (unpaired) electrons. The predicted octanol–water partition coefficient (Wildman–Crippen LogP) is 3.21. The van der Waals surface area contributed by atoms with E-state index in [1.54, 1.807) is 0 Å². The molecule has 0 fully saturated rings. The maximum atomic E-state index is 11.4. The molecule has 0 aliphatic heterocycles. The highest BCUT2D eigenvalue weighted by atomic mass is 35.5. The second-order valence-electron chi connectivity index (χ2n) is 2.78. The zero-order valence-electron chi connectivity index (χ0n) is 7.22. The van der Waals surface area contributed by atoms with Crippen molar-refractivity contribution in [3.63, 3.8) is 0 Å². The summed E-state index contributed by atoms with van der Waals surface area (Å²) in [7, 11) is 0. The summed E-state index contributed by atoms with van der Waals surface area (Å²) in [6.45, 7) is 1.35. The Hall–Kier alpha value is -0.280. The van der Waals surface area contributed by atoms with Crippen LogP contribution in [-0.4, -0.2) is 17.0 Å². The van der Waals surface area contributed by atoms with Gasteiger partial charge in [0.2, 0.25) is 0 Å². The molecule has 0 aromatic heterocycles. The van der Waals surface area contributed by atoms with Gasteiger partial charge in [0.25, 0.3) is 0 Å². The number of aliphatic hydroxyl groups excluding tert-OH is 1. The van der Waals surface area contributed by atoms with Gasteiger partial charge in [-0.05, 0) is 19.1 Å². The molecule has 1 atom stereocenters. The zero-order valence-corrected chi connectivity index (χ0v) is 9.49. The first kappa shape index (κ1) is 11.8. The van der Waals surface area contributed by atoms with Crippen LogP contribution in [0, 0.1) is 0 Å². The van der Waals surface area contributed by atoms with Crippen LogP contribution in [0.3, 0.4) is 0 Å². The number of benzene rings is 1. The minimum absolute atomic E-state index is 0.104. The van der Waals surface area contributed by atoms with Crippen LogP contribution < -0.4 is 0 Å². The summed E-state index contributed by atoms with van der Waals surface area (Å²) in [5, 5.41) is 9.74. The van der Waals surface area contributed by atoms with E-state index in [2.05, 4.69) is 0 Å². The van der Waals surface area contributed by atoms with Crippen molar-refractivity contribution in [3.05, 3.63) is 32.8 Å². The van der Waals surface area contributed by atoms with Gasteiger partial charge >= 0.3 is 0 Å². The van der Waals surface area contributed by atoms with E-state index in [0.29, 0.717) is 5.02 Å². The fourth-order valence-electron chi connectivity index (χ4n) is 0.986. The van der Waals surface area contributed by atoms with Gasteiger partial charge in [-0.15, -0.1) is 0 Å². The smallest absolute Gasteiger partial charge is 0.193 e. The number of Topliss-reactive ketones (excluding diaryl/α,β-unsaturated/α-hetero) is 1. The Morgan fingerprint density at radius 1 is 1.29 bits per heavy atom. The van der Waals surface area contributed by atoms with Crippen LogP contribution in [0.4, 0.5) is 0 Å². The Kier molecular flexibility index (Phi) is 3.78. The number of rotatable bonds is 2. The van der Waals surface area contributed by atoms with Gasteiger partial charge < -0.3 is 5.11 Å². The summed E-state index contributed by atoms with van der Waals surface area (Å²) < 4.78 is 0. The van der Waals surface area contributed by atoms with Crippen LogP contribution in [0.2, 0.25) is 15.1 Å². The molecule has 0 bridgehead atoms. The quantitative estimate of drug-likeness (QED) is 0.822. The normalized spacial score (nSPS) is 12.6. The SMILES string of the molecule is CC(O)C(=O)c1c(Cl)cc(Cl)cc1Cl. The lowest BCUT2D eigenvalue weighted by Crippen LogP contribution is -2.17. The van der Waals surface area contributed by atoms with Gasteiger partial charge in [-0.3, -0.25) is 4.79 Å². The van der Waals surface area contributed by atoms with Crippen LogP contribution in [0.1, 0.15) is 17.3 Å². The van der Waals surface area contributed by atoms with E-state index in [4.69, 9.17) is 39.9 Å². The van der Waals surface area contributed by atoms with Gasteiger partial charge in [-0.25, -0.2) is 0 Å². The molecule has 2 nitrogen and oxygen atoms in total. The van der Waals surface area contributed by atoms with Crippen LogP contribution in [-0.2, 0) is 0 Å². The first-order chi connectivity index (χ1) is 6.43. The van der Waals surface area contributed by atoms with Crippen molar-refractivity contribution < 1.29 is 9.90 Å². The molecule has 0 amide bonds. The van der Waals surface area contributed by atoms with E-state index >= 15 is 0 Å². The van der Waals surface area contributed by atoms with Gasteiger partial charge in [-0.1, -0.05) is 34.8 Å². The lowest BCUT2D eigenvalue weighted by atomic mass is 10.1. The molecule has 14 heavy (non-hydrogen) atoms. The molecule has 0 saturated carbocycles. The summed E-state index contributed by atoms with van der Waals surface area (Å²) in [4.78, 5) is 11.4. The average Bonchev–Trinajstić information content (AvgIpc) is 2.01. The second kappa shape index (κ2) is 4.49. The van der Waals surface area contributed by atoms with Crippen molar-refractivity contribution in [2.24, 2.45) is 0 Å². The molecule has 1 aromatic rings. The van der Waals surface area contributed by atoms with Crippen molar-refractivity contribution in [3.8, 4) is 0 Å². The predicted molar refractivity (Wildman–Crippen MR) is 57.5 cm³/mol. The third-order valence-corrected chi connectivity index (χ3v) is 2.45. The average molecular weight is 254 g/mol. The number of ketones is 1. The van der Waals surface area contributed by atoms with Gasteiger partial charge in [0, 0.05) is 5.02 Å². The highest BCUT2D eigenvalue weighted by molar-refractivity contribution is 6.42.